The van der Waals surface area contributed by atoms with Crippen molar-refractivity contribution in [2.75, 3.05) is 19.4 Å². The van der Waals surface area contributed by atoms with Gasteiger partial charge in [0.15, 0.2) is 11.3 Å². The zero-order valence-electron chi connectivity index (χ0n) is 22.0. The number of sulfonamides is 1. The summed E-state index contributed by atoms with van der Waals surface area (Å²) in [5.74, 6) is -0.805. The highest BCUT2D eigenvalue weighted by Crippen LogP contribution is 2.42. The molecule has 1 aliphatic rings. The van der Waals surface area contributed by atoms with Crippen molar-refractivity contribution in [1.82, 2.24) is 23.2 Å². The van der Waals surface area contributed by atoms with E-state index < -0.39 is 36.4 Å². The first-order chi connectivity index (χ1) is 17.2. The van der Waals surface area contributed by atoms with Gasteiger partial charge in [0.2, 0.25) is 10.0 Å². The summed E-state index contributed by atoms with van der Waals surface area (Å²) in [5, 5.41) is 0. The van der Waals surface area contributed by atoms with Crippen LogP contribution in [0.4, 0.5) is 13.2 Å². The minimum Gasteiger partial charge on any atom is -0.361 e. The van der Waals surface area contributed by atoms with Gasteiger partial charge in [-0.15, -0.1) is 0 Å². The van der Waals surface area contributed by atoms with Gasteiger partial charge < -0.3 is 9.30 Å². The van der Waals surface area contributed by atoms with E-state index in [-0.39, 0.29) is 17.9 Å². The van der Waals surface area contributed by atoms with Crippen molar-refractivity contribution in [3.8, 4) is 0 Å². The molecule has 0 amide bonds. The zero-order chi connectivity index (χ0) is 27.2. The van der Waals surface area contributed by atoms with Crippen LogP contribution < -0.4 is 0 Å². The van der Waals surface area contributed by atoms with Gasteiger partial charge in [-0.25, -0.2) is 22.7 Å². The summed E-state index contributed by atoms with van der Waals surface area (Å²) in [5.41, 5.74) is 3.31. The van der Waals surface area contributed by atoms with E-state index in [0.29, 0.717) is 31.8 Å². The monoisotopic (exact) mass is 559 g/mol. The molecule has 0 aromatic carbocycles. The van der Waals surface area contributed by atoms with Crippen molar-refractivity contribution in [1.29, 1.82) is 0 Å². The molecule has 0 saturated heterocycles. The van der Waals surface area contributed by atoms with Crippen molar-refractivity contribution < 1.29 is 26.3 Å². The standard InChI is InChI=1S/C24H36F3N5O3SSi/c1-17-12-18(30(2)36(33,34)10-7-24(25,26)27)13-19(17)21-14-28-22-15-29-23-20(32(21)22)6-8-31(23)16-35-9-11-37(3,4)5/h6,8,14-15,17-19H,7,9-13,16H2,1-5H3/t17-,18+,19+/m1/s1. The predicted octanol–water partition coefficient (Wildman–Crippen LogP) is 5.09. The minimum atomic E-state index is -4.51. The number of hydrogen-bond acceptors (Lipinski definition) is 5. The number of imidazole rings is 1. The molecule has 3 aromatic heterocycles. The smallest absolute Gasteiger partial charge is 0.361 e. The fraction of sp³-hybridized carbons (Fsp3) is 0.667. The van der Waals surface area contributed by atoms with Crippen LogP contribution in [0.2, 0.25) is 25.7 Å². The number of rotatable bonds is 10. The van der Waals surface area contributed by atoms with Crippen LogP contribution in [0.15, 0.2) is 24.7 Å². The highest BCUT2D eigenvalue weighted by molar-refractivity contribution is 7.89. The zero-order valence-corrected chi connectivity index (χ0v) is 23.8. The van der Waals surface area contributed by atoms with Crippen LogP contribution in [-0.4, -0.2) is 71.4 Å². The Hall–Kier alpha value is -1.96. The minimum absolute atomic E-state index is 0.00205. The Morgan fingerprint density at radius 3 is 2.59 bits per heavy atom. The first-order valence-electron chi connectivity index (χ1n) is 12.6. The van der Waals surface area contributed by atoms with E-state index >= 15 is 0 Å². The normalized spacial score (nSPS) is 21.6. The number of halogens is 3. The van der Waals surface area contributed by atoms with Gasteiger partial charge in [0.05, 0.1) is 23.9 Å². The van der Waals surface area contributed by atoms with Gasteiger partial charge in [0.1, 0.15) is 6.73 Å². The fourth-order valence-corrected chi connectivity index (χ4v) is 7.23. The molecular formula is C24H36F3N5O3SSi. The molecule has 1 aliphatic carbocycles. The molecule has 37 heavy (non-hydrogen) atoms. The van der Waals surface area contributed by atoms with Crippen molar-refractivity contribution >= 4 is 34.9 Å². The van der Waals surface area contributed by atoms with Crippen LogP contribution in [0.5, 0.6) is 0 Å². The molecule has 1 fully saturated rings. The predicted molar refractivity (Wildman–Crippen MR) is 140 cm³/mol. The quantitative estimate of drug-likeness (QED) is 0.255. The Bertz CT molecular complexity index is 1350. The Labute approximate surface area is 216 Å². The van der Waals surface area contributed by atoms with Crippen LogP contribution in [0.25, 0.3) is 16.8 Å². The van der Waals surface area contributed by atoms with Crippen molar-refractivity contribution in [2.45, 2.75) is 76.7 Å². The molecule has 0 spiro atoms. The summed E-state index contributed by atoms with van der Waals surface area (Å²) in [6.07, 6.45) is 0.695. The second kappa shape index (κ2) is 10.3. The number of nitrogens with zero attached hydrogens (tertiary/aromatic N) is 5. The van der Waals surface area contributed by atoms with Gasteiger partial charge in [-0.3, -0.25) is 4.40 Å². The number of alkyl halides is 3. The maximum Gasteiger partial charge on any atom is 0.390 e. The second-order valence-electron chi connectivity index (χ2n) is 11.4. The van der Waals surface area contributed by atoms with E-state index in [1.165, 1.54) is 7.05 Å². The summed E-state index contributed by atoms with van der Waals surface area (Å²) in [6.45, 7) is 10.1. The van der Waals surface area contributed by atoms with Crippen molar-refractivity contribution in [3.63, 3.8) is 0 Å². The van der Waals surface area contributed by atoms with Gasteiger partial charge in [-0.2, -0.15) is 13.2 Å². The SMILES string of the molecule is C[C@@H]1C[C@H](N(C)S(=O)(=O)CCC(F)(F)F)C[C@@H]1c1cnc2cnc3c(ccn3COCC[Si](C)(C)C)n12. The Morgan fingerprint density at radius 2 is 1.92 bits per heavy atom. The molecule has 0 N–H and O–H groups in total. The third-order valence-electron chi connectivity index (χ3n) is 7.33. The van der Waals surface area contributed by atoms with Gasteiger partial charge in [0, 0.05) is 51.8 Å². The van der Waals surface area contributed by atoms with Crippen LogP contribution in [0.1, 0.15) is 37.8 Å². The molecule has 0 bridgehead atoms. The number of ether oxygens (including phenoxy) is 1. The van der Waals surface area contributed by atoms with Gasteiger partial charge in [-0.05, 0) is 30.9 Å². The third kappa shape index (κ3) is 6.37. The summed E-state index contributed by atoms with van der Waals surface area (Å²) in [4.78, 5) is 9.14. The van der Waals surface area contributed by atoms with Gasteiger partial charge >= 0.3 is 6.18 Å². The molecule has 0 unspecified atom stereocenters. The average molecular weight is 560 g/mol. The first kappa shape index (κ1) is 28.1. The molecule has 1 saturated carbocycles. The van der Waals surface area contributed by atoms with E-state index in [4.69, 9.17) is 4.74 Å². The maximum atomic E-state index is 12.6. The molecule has 3 heterocycles. The molecule has 0 aliphatic heterocycles. The van der Waals surface area contributed by atoms with Gasteiger partial charge in [0.25, 0.3) is 0 Å². The maximum absolute atomic E-state index is 12.6. The third-order valence-corrected chi connectivity index (χ3v) is 10.9. The van der Waals surface area contributed by atoms with Crippen LogP contribution in [0, 0.1) is 5.92 Å². The number of aromatic nitrogens is 4. The molecule has 4 rings (SSSR count). The molecule has 3 aromatic rings. The van der Waals surface area contributed by atoms with Crippen molar-refractivity contribution in [3.05, 3.63) is 30.4 Å². The second-order valence-corrected chi connectivity index (χ2v) is 19.2. The van der Waals surface area contributed by atoms with E-state index in [1.54, 1.807) is 12.4 Å². The molecule has 3 atom stereocenters. The highest BCUT2D eigenvalue weighted by Gasteiger charge is 2.40. The lowest BCUT2D eigenvalue weighted by Crippen LogP contribution is -2.38. The lowest BCUT2D eigenvalue weighted by molar-refractivity contribution is -0.130. The first-order valence-corrected chi connectivity index (χ1v) is 17.9. The topological polar surface area (TPSA) is 81.7 Å². The molecule has 0 radical (unpaired) electrons. The Balaban J connectivity index is 1.54. The molecule has 206 valence electrons. The van der Waals surface area contributed by atoms with Gasteiger partial charge in [-0.1, -0.05) is 26.6 Å². The lowest BCUT2D eigenvalue weighted by atomic mass is 9.95. The van der Waals surface area contributed by atoms with E-state index in [2.05, 4.69) is 40.9 Å². The number of hydrogen-bond donors (Lipinski definition) is 0. The molecule has 8 nitrogen and oxygen atoms in total. The molecular weight excluding hydrogens is 523 g/mol. The summed E-state index contributed by atoms with van der Waals surface area (Å²) in [6, 6.07) is 2.69. The summed E-state index contributed by atoms with van der Waals surface area (Å²) >= 11 is 0. The molecule has 13 heteroatoms. The van der Waals surface area contributed by atoms with Crippen LogP contribution >= 0.6 is 0 Å². The van der Waals surface area contributed by atoms with Crippen molar-refractivity contribution in [2.24, 2.45) is 5.92 Å². The van der Waals surface area contributed by atoms with Crippen LogP contribution in [0.3, 0.4) is 0 Å². The largest absolute Gasteiger partial charge is 0.390 e. The van der Waals surface area contributed by atoms with E-state index in [9.17, 15) is 21.6 Å². The summed E-state index contributed by atoms with van der Waals surface area (Å²) in [7, 11) is -3.81. The summed E-state index contributed by atoms with van der Waals surface area (Å²) < 4.78 is 74.2. The number of fused-ring (bicyclic) bond motifs is 3. The highest BCUT2D eigenvalue weighted by atomic mass is 32.2. The van der Waals surface area contributed by atoms with E-state index in [0.717, 1.165) is 27.2 Å². The van der Waals surface area contributed by atoms with Crippen LogP contribution in [-0.2, 0) is 21.5 Å². The lowest BCUT2D eigenvalue weighted by Gasteiger charge is -2.24. The Morgan fingerprint density at radius 1 is 1.19 bits per heavy atom. The average Bonchev–Trinajstić information content (AvgIpc) is 3.49. The van der Waals surface area contributed by atoms with E-state index in [1.807, 2.05) is 16.8 Å². The fourth-order valence-electron chi connectivity index (χ4n) is 5.07. The Kier molecular flexibility index (Phi) is 7.81.